The van der Waals surface area contributed by atoms with Gasteiger partial charge in [-0.1, -0.05) is 12.2 Å². The third-order valence-electron chi connectivity index (χ3n) is 4.44. The molecule has 3 rings (SSSR count). The molecule has 6 nitrogen and oxygen atoms in total. The predicted molar refractivity (Wildman–Crippen MR) is 69.5 cm³/mol. The van der Waals surface area contributed by atoms with E-state index in [0.29, 0.717) is 6.61 Å². The molecule has 0 aromatic carbocycles. The maximum atomic E-state index is 12.3. The van der Waals surface area contributed by atoms with E-state index in [1.807, 2.05) is 0 Å². The Morgan fingerprint density at radius 2 is 1.90 bits per heavy atom. The molecular weight excluding hydrogens is 260 g/mol. The summed E-state index contributed by atoms with van der Waals surface area (Å²) >= 11 is 0. The van der Waals surface area contributed by atoms with Crippen LogP contribution in [0.5, 0.6) is 0 Å². The highest BCUT2D eigenvalue weighted by Crippen LogP contribution is 2.52. The van der Waals surface area contributed by atoms with E-state index >= 15 is 0 Å². The molecule has 2 bridgehead atoms. The standard InChI is InChI=1S/C14H18N2O4/c1-2-20-14(19)15-5-6-16-12(17)10-8-3-4-9(7-8)11(10)13(16)18/h3-4,8-11H,2,5-7H2,1H3,(H,15,19)/t8-,9-,10+,11+/m0/s1. The van der Waals surface area contributed by atoms with Crippen molar-refractivity contribution >= 4 is 17.9 Å². The smallest absolute Gasteiger partial charge is 0.407 e. The highest BCUT2D eigenvalue weighted by molar-refractivity contribution is 6.06. The first-order chi connectivity index (χ1) is 9.63. The van der Waals surface area contributed by atoms with Crippen LogP contribution in [0.25, 0.3) is 0 Å². The summed E-state index contributed by atoms with van der Waals surface area (Å²) in [5, 5.41) is 2.53. The molecule has 2 fully saturated rings. The number of nitrogens with zero attached hydrogens (tertiary/aromatic N) is 1. The molecule has 0 unspecified atom stereocenters. The van der Waals surface area contributed by atoms with Gasteiger partial charge in [0.15, 0.2) is 0 Å². The minimum Gasteiger partial charge on any atom is -0.450 e. The van der Waals surface area contributed by atoms with Gasteiger partial charge in [-0.2, -0.15) is 0 Å². The maximum Gasteiger partial charge on any atom is 0.407 e. The molecule has 0 spiro atoms. The molecule has 2 aliphatic carbocycles. The van der Waals surface area contributed by atoms with Crippen molar-refractivity contribution in [1.29, 1.82) is 0 Å². The first-order valence-electron chi connectivity index (χ1n) is 7.07. The van der Waals surface area contributed by atoms with Crippen LogP contribution in [0.4, 0.5) is 4.79 Å². The van der Waals surface area contributed by atoms with E-state index in [1.165, 1.54) is 4.90 Å². The van der Waals surface area contributed by atoms with Gasteiger partial charge in [0.05, 0.1) is 18.4 Å². The van der Waals surface area contributed by atoms with E-state index in [0.717, 1.165) is 6.42 Å². The number of rotatable bonds is 4. The van der Waals surface area contributed by atoms with Gasteiger partial charge in [-0.05, 0) is 25.2 Å². The second-order valence-electron chi connectivity index (χ2n) is 5.48. The quantitative estimate of drug-likeness (QED) is 0.601. The number of fused-ring (bicyclic) bond motifs is 5. The zero-order chi connectivity index (χ0) is 14.3. The van der Waals surface area contributed by atoms with Gasteiger partial charge in [0.1, 0.15) is 0 Å². The second kappa shape index (κ2) is 4.92. The fourth-order valence-electron chi connectivity index (χ4n) is 3.64. The second-order valence-corrected chi connectivity index (χ2v) is 5.48. The van der Waals surface area contributed by atoms with Gasteiger partial charge >= 0.3 is 6.09 Å². The third-order valence-corrected chi connectivity index (χ3v) is 4.44. The number of amides is 3. The summed E-state index contributed by atoms with van der Waals surface area (Å²) in [5.41, 5.74) is 0. The van der Waals surface area contributed by atoms with E-state index in [1.54, 1.807) is 6.92 Å². The molecule has 3 amide bonds. The number of hydrogen-bond donors (Lipinski definition) is 1. The van der Waals surface area contributed by atoms with Gasteiger partial charge in [0.25, 0.3) is 0 Å². The Morgan fingerprint density at radius 3 is 2.45 bits per heavy atom. The number of carbonyl (C=O) groups excluding carboxylic acids is 3. The van der Waals surface area contributed by atoms with Gasteiger partial charge in [-0.15, -0.1) is 0 Å². The van der Waals surface area contributed by atoms with E-state index in [2.05, 4.69) is 17.5 Å². The van der Waals surface area contributed by atoms with Crippen molar-refractivity contribution in [2.45, 2.75) is 13.3 Å². The molecule has 3 aliphatic rings. The highest BCUT2D eigenvalue weighted by atomic mass is 16.5. The average molecular weight is 278 g/mol. The van der Waals surface area contributed by atoms with Crippen molar-refractivity contribution in [1.82, 2.24) is 10.2 Å². The fourth-order valence-corrected chi connectivity index (χ4v) is 3.64. The summed E-state index contributed by atoms with van der Waals surface area (Å²) in [5.74, 6) is -0.0425. The number of alkyl carbamates (subject to hydrolysis) is 1. The van der Waals surface area contributed by atoms with E-state index in [-0.39, 0.29) is 48.6 Å². The number of carbonyl (C=O) groups is 3. The summed E-state index contributed by atoms with van der Waals surface area (Å²) in [7, 11) is 0. The summed E-state index contributed by atoms with van der Waals surface area (Å²) in [4.78, 5) is 37.1. The minimum absolute atomic E-state index is 0.0810. The lowest BCUT2D eigenvalue weighted by Gasteiger charge is -2.17. The largest absolute Gasteiger partial charge is 0.450 e. The van der Waals surface area contributed by atoms with Gasteiger partial charge in [-0.3, -0.25) is 14.5 Å². The SMILES string of the molecule is CCOC(=O)NCCN1C(=O)[C@H]2[C@H](C1=O)[C@H]1C=C[C@H]2C1. The lowest BCUT2D eigenvalue weighted by Crippen LogP contribution is -2.39. The maximum absolute atomic E-state index is 12.3. The zero-order valence-corrected chi connectivity index (χ0v) is 11.4. The van der Waals surface area contributed by atoms with Gasteiger partial charge < -0.3 is 10.1 Å². The summed E-state index contributed by atoms with van der Waals surface area (Å²) in [6, 6.07) is 0. The van der Waals surface area contributed by atoms with Crippen molar-refractivity contribution < 1.29 is 19.1 Å². The molecule has 0 aromatic heterocycles. The van der Waals surface area contributed by atoms with Crippen LogP contribution in [-0.2, 0) is 14.3 Å². The van der Waals surface area contributed by atoms with Crippen LogP contribution in [0.3, 0.4) is 0 Å². The van der Waals surface area contributed by atoms with Crippen LogP contribution in [-0.4, -0.2) is 42.5 Å². The first-order valence-corrected chi connectivity index (χ1v) is 7.07. The Labute approximate surface area is 117 Å². The highest BCUT2D eigenvalue weighted by Gasteiger charge is 2.58. The van der Waals surface area contributed by atoms with Crippen molar-refractivity contribution in [3.8, 4) is 0 Å². The monoisotopic (exact) mass is 278 g/mol. The molecule has 4 atom stereocenters. The number of allylic oxidation sites excluding steroid dienone is 2. The Balaban J connectivity index is 1.58. The molecule has 1 saturated heterocycles. The molecule has 20 heavy (non-hydrogen) atoms. The number of likely N-dealkylation sites (tertiary alicyclic amines) is 1. The molecule has 0 aromatic rings. The van der Waals surface area contributed by atoms with Crippen LogP contribution in [0.1, 0.15) is 13.3 Å². The summed E-state index contributed by atoms with van der Waals surface area (Å²) < 4.78 is 4.73. The van der Waals surface area contributed by atoms with Crippen LogP contribution in [0, 0.1) is 23.7 Å². The molecule has 108 valence electrons. The predicted octanol–water partition coefficient (Wildman–Crippen LogP) is 0.540. The Kier molecular flexibility index (Phi) is 3.23. The Bertz CT molecular complexity index is 458. The van der Waals surface area contributed by atoms with E-state index < -0.39 is 6.09 Å². The van der Waals surface area contributed by atoms with Crippen LogP contribution in [0.2, 0.25) is 0 Å². The number of imide groups is 1. The van der Waals surface area contributed by atoms with Crippen molar-refractivity contribution in [3.63, 3.8) is 0 Å². The molecule has 0 radical (unpaired) electrons. The van der Waals surface area contributed by atoms with Crippen molar-refractivity contribution in [2.75, 3.05) is 19.7 Å². The van der Waals surface area contributed by atoms with Gasteiger partial charge in [0.2, 0.25) is 11.8 Å². The van der Waals surface area contributed by atoms with Crippen molar-refractivity contribution in [2.24, 2.45) is 23.7 Å². The van der Waals surface area contributed by atoms with E-state index in [4.69, 9.17) is 4.74 Å². The average Bonchev–Trinajstić information content (AvgIpc) is 3.08. The lowest BCUT2D eigenvalue weighted by atomic mass is 9.85. The number of ether oxygens (including phenoxy) is 1. The lowest BCUT2D eigenvalue weighted by molar-refractivity contribution is -0.140. The topological polar surface area (TPSA) is 75.7 Å². The fraction of sp³-hybridized carbons (Fsp3) is 0.643. The zero-order valence-electron chi connectivity index (χ0n) is 11.4. The normalized spacial score (nSPS) is 33.8. The van der Waals surface area contributed by atoms with Crippen molar-refractivity contribution in [3.05, 3.63) is 12.2 Å². The van der Waals surface area contributed by atoms with Crippen LogP contribution >= 0.6 is 0 Å². The van der Waals surface area contributed by atoms with Crippen LogP contribution in [0.15, 0.2) is 12.2 Å². The number of nitrogens with one attached hydrogen (secondary N) is 1. The molecule has 1 saturated carbocycles. The first kappa shape index (κ1) is 13.1. The third kappa shape index (κ3) is 1.90. The molecule has 6 heteroatoms. The number of hydrogen-bond acceptors (Lipinski definition) is 4. The Hall–Kier alpha value is -1.85. The molecule has 1 heterocycles. The molecule has 1 N–H and O–H groups in total. The van der Waals surface area contributed by atoms with Gasteiger partial charge in [0, 0.05) is 13.1 Å². The molecular formula is C14H18N2O4. The molecule has 1 aliphatic heterocycles. The van der Waals surface area contributed by atoms with E-state index in [9.17, 15) is 14.4 Å². The Morgan fingerprint density at radius 1 is 1.30 bits per heavy atom. The van der Waals surface area contributed by atoms with Gasteiger partial charge in [-0.25, -0.2) is 4.79 Å². The summed E-state index contributed by atoms with van der Waals surface area (Å²) in [6.45, 7) is 2.48. The minimum atomic E-state index is -0.520. The summed E-state index contributed by atoms with van der Waals surface area (Å²) in [6.07, 6.45) is 4.55. The van der Waals surface area contributed by atoms with Crippen LogP contribution < -0.4 is 5.32 Å².